The van der Waals surface area contributed by atoms with E-state index in [1.807, 2.05) is 0 Å². The van der Waals surface area contributed by atoms with Gasteiger partial charge in [0.05, 0.1) is 10.9 Å². The molecule has 1 saturated heterocycles. The number of carbonyl (C=O) groups is 2. The van der Waals surface area contributed by atoms with Crippen LogP contribution in [-0.4, -0.2) is 41.3 Å². The van der Waals surface area contributed by atoms with Crippen LogP contribution in [0.4, 0.5) is 0 Å². The summed E-state index contributed by atoms with van der Waals surface area (Å²) in [7, 11) is 1.57. The van der Waals surface area contributed by atoms with E-state index in [1.165, 1.54) is 0 Å². The van der Waals surface area contributed by atoms with Gasteiger partial charge in [-0.1, -0.05) is 12.2 Å². The van der Waals surface area contributed by atoms with Crippen molar-refractivity contribution in [2.45, 2.75) is 25.8 Å². The zero-order valence-electron chi connectivity index (χ0n) is 9.53. The summed E-state index contributed by atoms with van der Waals surface area (Å²) in [5.74, 6) is -0.778. The van der Waals surface area contributed by atoms with Crippen molar-refractivity contribution >= 4 is 29.0 Å². The van der Waals surface area contributed by atoms with Crippen LogP contribution in [0.25, 0.3) is 0 Å². The lowest BCUT2D eigenvalue weighted by atomic mass is 10.1. The molecular formula is C10H17N3O2S. The molecule has 2 amide bonds. The summed E-state index contributed by atoms with van der Waals surface area (Å²) in [5, 5.41) is 2.56. The molecule has 90 valence electrons. The van der Waals surface area contributed by atoms with Gasteiger partial charge in [-0.15, -0.1) is 0 Å². The molecule has 3 N–H and O–H groups in total. The zero-order chi connectivity index (χ0) is 12.3. The fourth-order valence-electron chi connectivity index (χ4n) is 1.84. The largest absolute Gasteiger partial charge is 0.393 e. The number of hydrogen-bond donors (Lipinski definition) is 2. The van der Waals surface area contributed by atoms with Crippen molar-refractivity contribution in [3.63, 3.8) is 0 Å². The Morgan fingerprint density at radius 2 is 2.19 bits per heavy atom. The summed E-state index contributed by atoms with van der Waals surface area (Å²) in [6.45, 7) is 2.27. The number of likely N-dealkylation sites (N-methyl/N-ethyl adjacent to an activating group) is 1. The molecule has 16 heavy (non-hydrogen) atoms. The van der Waals surface area contributed by atoms with E-state index in [4.69, 9.17) is 18.0 Å². The molecule has 0 aromatic rings. The first-order chi connectivity index (χ1) is 7.49. The maximum Gasteiger partial charge on any atom is 0.242 e. The van der Waals surface area contributed by atoms with Gasteiger partial charge >= 0.3 is 0 Å². The van der Waals surface area contributed by atoms with Crippen molar-refractivity contribution < 1.29 is 9.59 Å². The molecule has 0 aromatic heterocycles. The highest BCUT2D eigenvalue weighted by Gasteiger charge is 2.35. The predicted molar refractivity (Wildman–Crippen MR) is 64.8 cm³/mol. The molecule has 0 spiro atoms. The van der Waals surface area contributed by atoms with Gasteiger partial charge in [0.25, 0.3) is 0 Å². The molecule has 0 aliphatic carbocycles. The van der Waals surface area contributed by atoms with Gasteiger partial charge < -0.3 is 16.0 Å². The number of thiocarbonyl (C=S) groups is 1. The lowest BCUT2D eigenvalue weighted by Gasteiger charge is -2.25. The number of nitrogens with zero attached hydrogens (tertiary/aromatic N) is 1. The average molecular weight is 243 g/mol. The van der Waals surface area contributed by atoms with E-state index in [2.05, 4.69) is 5.32 Å². The number of hydrogen-bond acceptors (Lipinski definition) is 3. The topological polar surface area (TPSA) is 75.4 Å². The van der Waals surface area contributed by atoms with Gasteiger partial charge in [-0.05, 0) is 19.8 Å². The molecule has 1 heterocycles. The highest BCUT2D eigenvalue weighted by atomic mass is 32.1. The molecule has 0 saturated carbocycles. The monoisotopic (exact) mass is 243 g/mol. The van der Waals surface area contributed by atoms with E-state index >= 15 is 0 Å². The Morgan fingerprint density at radius 1 is 1.56 bits per heavy atom. The number of nitrogens with one attached hydrogen (secondary N) is 1. The minimum Gasteiger partial charge on any atom is -0.393 e. The Hall–Kier alpha value is -1.17. The summed E-state index contributed by atoms with van der Waals surface area (Å²) in [5.41, 5.74) is 5.44. The van der Waals surface area contributed by atoms with E-state index < -0.39 is 5.92 Å². The van der Waals surface area contributed by atoms with E-state index in [1.54, 1.807) is 18.9 Å². The van der Waals surface area contributed by atoms with Gasteiger partial charge in [0.2, 0.25) is 11.8 Å². The van der Waals surface area contributed by atoms with Crippen LogP contribution in [0.3, 0.4) is 0 Å². The third kappa shape index (κ3) is 2.49. The minimum absolute atomic E-state index is 0.124. The molecule has 0 radical (unpaired) electrons. The third-order valence-electron chi connectivity index (χ3n) is 2.88. The molecule has 2 atom stereocenters. The normalized spacial score (nSPS) is 21.6. The standard InChI is InChI=1S/C10H17N3O2S/c1-6(8(11)16)10(15)13-5-3-4-7(13)9(14)12-2/h6-7H,3-5H2,1-2H3,(H2,11,16)(H,12,14). The first-order valence-electron chi connectivity index (χ1n) is 5.30. The average Bonchev–Trinajstić information content (AvgIpc) is 2.74. The molecule has 0 aromatic carbocycles. The predicted octanol–water partition coefficient (Wildman–Crippen LogP) is -0.354. The number of carbonyl (C=O) groups excluding carboxylic acids is 2. The highest BCUT2D eigenvalue weighted by Crippen LogP contribution is 2.20. The molecular weight excluding hydrogens is 226 g/mol. The van der Waals surface area contributed by atoms with Crippen molar-refractivity contribution in [1.82, 2.24) is 10.2 Å². The fourth-order valence-corrected chi connectivity index (χ4v) is 1.94. The van der Waals surface area contributed by atoms with Gasteiger partial charge in [-0.3, -0.25) is 9.59 Å². The van der Waals surface area contributed by atoms with E-state index in [0.29, 0.717) is 13.0 Å². The molecule has 1 aliphatic heterocycles. The van der Waals surface area contributed by atoms with Gasteiger partial charge in [-0.2, -0.15) is 0 Å². The Balaban J connectivity index is 2.75. The van der Waals surface area contributed by atoms with Crippen molar-refractivity contribution in [2.24, 2.45) is 11.7 Å². The summed E-state index contributed by atoms with van der Waals surface area (Å²) < 4.78 is 0. The number of amides is 2. The number of likely N-dealkylation sites (tertiary alicyclic amines) is 1. The first-order valence-corrected chi connectivity index (χ1v) is 5.71. The lowest BCUT2D eigenvalue weighted by Crippen LogP contribution is -2.48. The van der Waals surface area contributed by atoms with Crippen LogP contribution in [0, 0.1) is 5.92 Å². The molecule has 5 nitrogen and oxygen atoms in total. The fraction of sp³-hybridized carbons (Fsp3) is 0.700. The quantitative estimate of drug-likeness (QED) is 0.664. The molecule has 1 rings (SSSR count). The van der Waals surface area contributed by atoms with Crippen molar-refractivity contribution in [3.8, 4) is 0 Å². The van der Waals surface area contributed by atoms with Crippen LogP contribution in [0.2, 0.25) is 0 Å². The van der Waals surface area contributed by atoms with Crippen LogP contribution in [0.1, 0.15) is 19.8 Å². The Morgan fingerprint density at radius 3 is 2.69 bits per heavy atom. The SMILES string of the molecule is CNC(=O)C1CCCN1C(=O)C(C)C(N)=S. The van der Waals surface area contributed by atoms with Crippen molar-refractivity contribution in [1.29, 1.82) is 0 Å². The molecule has 1 fully saturated rings. The molecule has 1 aliphatic rings. The van der Waals surface area contributed by atoms with Gasteiger partial charge in [-0.25, -0.2) is 0 Å². The Labute approximate surface area is 100 Å². The second-order valence-electron chi connectivity index (χ2n) is 3.93. The van der Waals surface area contributed by atoms with Gasteiger partial charge in [0.1, 0.15) is 6.04 Å². The van der Waals surface area contributed by atoms with Crippen LogP contribution in [-0.2, 0) is 9.59 Å². The molecule has 6 heteroatoms. The second kappa shape index (κ2) is 5.25. The highest BCUT2D eigenvalue weighted by molar-refractivity contribution is 7.80. The summed E-state index contributed by atoms with van der Waals surface area (Å²) in [4.78, 5) is 25.3. The Bertz CT molecular complexity index is 319. The van der Waals surface area contributed by atoms with Gasteiger partial charge in [0, 0.05) is 13.6 Å². The zero-order valence-corrected chi connectivity index (χ0v) is 10.3. The second-order valence-corrected chi connectivity index (χ2v) is 4.40. The van der Waals surface area contributed by atoms with E-state index in [9.17, 15) is 9.59 Å². The van der Waals surface area contributed by atoms with Crippen LogP contribution in [0.5, 0.6) is 0 Å². The summed E-state index contributed by atoms with van der Waals surface area (Å²) >= 11 is 4.79. The number of rotatable bonds is 3. The van der Waals surface area contributed by atoms with Gasteiger partial charge in [0.15, 0.2) is 0 Å². The Kier molecular flexibility index (Phi) is 4.23. The van der Waals surface area contributed by atoms with Crippen LogP contribution >= 0.6 is 12.2 Å². The maximum atomic E-state index is 12.0. The smallest absolute Gasteiger partial charge is 0.242 e. The third-order valence-corrected chi connectivity index (χ3v) is 3.24. The van der Waals surface area contributed by atoms with E-state index in [0.717, 1.165) is 6.42 Å². The first kappa shape index (κ1) is 12.9. The maximum absolute atomic E-state index is 12.0. The summed E-state index contributed by atoms with van der Waals surface area (Å²) in [6, 6.07) is -0.366. The summed E-state index contributed by atoms with van der Waals surface area (Å²) in [6.07, 6.45) is 1.54. The molecule has 0 bridgehead atoms. The van der Waals surface area contributed by atoms with E-state index in [-0.39, 0.29) is 22.8 Å². The minimum atomic E-state index is -0.500. The molecule has 2 unspecified atom stereocenters. The van der Waals surface area contributed by atoms with Crippen LogP contribution in [0.15, 0.2) is 0 Å². The van der Waals surface area contributed by atoms with Crippen molar-refractivity contribution in [2.75, 3.05) is 13.6 Å². The lowest BCUT2D eigenvalue weighted by molar-refractivity contribution is -0.139. The van der Waals surface area contributed by atoms with Crippen molar-refractivity contribution in [3.05, 3.63) is 0 Å². The van der Waals surface area contributed by atoms with Crippen LogP contribution < -0.4 is 11.1 Å². The number of nitrogens with two attached hydrogens (primary N) is 1.